The number of hydrogen-bond donors (Lipinski definition) is 1. The number of amides is 2. The smallest absolute Gasteiger partial charge is 0.248 e. The molecule has 2 heterocycles. The Labute approximate surface area is 164 Å². The number of halogens is 1. The van der Waals surface area contributed by atoms with E-state index in [-0.39, 0.29) is 43.0 Å². The molecule has 1 aromatic carbocycles. The van der Waals surface area contributed by atoms with E-state index in [4.69, 9.17) is 15.2 Å². The molecule has 2 N–H and O–H groups in total. The maximum Gasteiger partial charge on any atom is 0.248 e. The third-order valence-corrected chi connectivity index (χ3v) is 5.16. The lowest BCUT2D eigenvalue weighted by Crippen LogP contribution is -2.58. The quantitative estimate of drug-likeness (QED) is 0.812. The Kier molecular flexibility index (Phi) is 6.20. The molecule has 28 heavy (non-hydrogen) atoms. The van der Waals surface area contributed by atoms with Crippen molar-refractivity contribution in [1.29, 1.82) is 0 Å². The Morgan fingerprint density at radius 2 is 1.93 bits per heavy atom. The number of ether oxygens (including phenoxy) is 2. The van der Waals surface area contributed by atoms with Gasteiger partial charge in [0.15, 0.2) is 0 Å². The van der Waals surface area contributed by atoms with Crippen LogP contribution in [-0.4, -0.2) is 72.1 Å². The fraction of sp³-hybridized carbons (Fsp3) is 0.600. The van der Waals surface area contributed by atoms with Crippen molar-refractivity contribution in [3.63, 3.8) is 0 Å². The normalized spacial score (nSPS) is 21.7. The molecule has 2 aliphatic rings. The second kappa shape index (κ2) is 8.45. The van der Waals surface area contributed by atoms with Crippen molar-refractivity contribution in [3.05, 3.63) is 30.1 Å². The average molecular weight is 393 g/mol. The molecule has 1 unspecified atom stereocenters. The molecule has 0 saturated carbocycles. The van der Waals surface area contributed by atoms with Crippen LogP contribution < -0.4 is 10.5 Å². The summed E-state index contributed by atoms with van der Waals surface area (Å²) in [5, 5.41) is 0. The highest BCUT2D eigenvalue weighted by molar-refractivity contribution is 5.85. The molecular formula is C20H28FN3O4. The predicted molar refractivity (Wildman–Crippen MR) is 101 cm³/mol. The zero-order valence-electron chi connectivity index (χ0n) is 16.4. The lowest BCUT2D eigenvalue weighted by molar-refractivity contribution is -0.156. The lowest BCUT2D eigenvalue weighted by atomic mass is 9.98. The van der Waals surface area contributed by atoms with E-state index in [9.17, 15) is 14.0 Å². The van der Waals surface area contributed by atoms with Gasteiger partial charge < -0.3 is 25.0 Å². The van der Waals surface area contributed by atoms with Gasteiger partial charge in [0, 0.05) is 19.1 Å². The number of nitrogens with zero attached hydrogens (tertiary/aromatic N) is 2. The fourth-order valence-corrected chi connectivity index (χ4v) is 3.61. The average Bonchev–Trinajstić information content (AvgIpc) is 2.67. The van der Waals surface area contributed by atoms with E-state index in [1.54, 1.807) is 30.9 Å². The first-order valence-corrected chi connectivity index (χ1v) is 9.62. The lowest BCUT2D eigenvalue weighted by Gasteiger charge is -2.43. The van der Waals surface area contributed by atoms with Crippen LogP contribution in [0.2, 0.25) is 0 Å². The monoisotopic (exact) mass is 393 g/mol. The Bertz CT molecular complexity index is 696. The Morgan fingerprint density at radius 1 is 1.29 bits per heavy atom. The van der Waals surface area contributed by atoms with E-state index >= 15 is 0 Å². The minimum atomic E-state index is -0.885. The number of nitrogens with two attached hydrogens (primary N) is 1. The van der Waals surface area contributed by atoms with E-state index in [1.807, 2.05) is 4.90 Å². The van der Waals surface area contributed by atoms with Crippen molar-refractivity contribution in [1.82, 2.24) is 9.80 Å². The van der Waals surface area contributed by atoms with Gasteiger partial charge in [-0.1, -0.05) is 0 Å². The minimum absolute atomic E-state index is 0.0203. The number of rotatable bonds is 5. The van der Waals surface area contributed by atoms with Gasteiger partial charge in [0.2, 0.25) is 11.8 Å². The molecule has 2 aliphatic heterocycles. The summed E-state index contributed by atoms with van der Waals surface area (Å²) in [4.78, 5) is 28.3. The van der Waals surface area contributed by atoms with Crippen LogP contribution in [0, 0.1) is 5.82 Å². The van der Waals surface area contributed by atoms with Crippen molar-refractivity contribution in [2.75, 3.05) is 32.8 Å². The van der Waals surface area contributed by atoms with Crippen LogP contribution in [0.15, 0.2) is 24.3 Å². The van der Waals surface area contributed by atoms with Gasteiger partial charge in [-0.15, -0.1) is 0 Å². The highest BCUT2D eigenvalue weighted by atomic mass is 19.1. The molecule has 2 saturated heterocycles. The molecule has 1 aromatic rings. The van der Waals surface area contributed by atoms with Crippen molar-refractivity contribution in [2.24, 2.45) is 5.73 Å². The Hall–Kier alpha value is -2.19. The van der Waals surface area contributed by atoms with E-state index in [0.29, 0.717) is 25.4 Å². The third-order valence-electron chi connectivity index (χ3n) is 5.16. The van der Waals surface area contributed by atoms with Gasteiger partial charge in [-0.3, -0.25) is 9.59 Å². The van der Waals surface area contributed by atoms with E-state index in [0.717, 1.165) is 12.8 Å². The minimum Gasteiger partial charge on any atom is -0.491 e. The molecule has 7 nitrogen and oxygen atoms in total. The van der Waals surface area contributed by atoms with Gasteiger partial charge in [-0.2, -0.15) is 0 Å². The summed E-state index contributed by atoms with van der Waals surface area (Å²) in [5.74, 6) is 0.136. The molecule has 0 bridgehead atoms. The van der Waals surface area contributed by atoms with Crippen molar-refractivity contribution >= 4 is 11.8 Å². The van der Waals surface area contributed by atoms with Crippen LogP contribution in [0.4, 0.5) is 4.39 Å². The summed E-state index contributed by atoms with van der Waals surface area (Å²) in [5.41, 5.74) is 5.03. The molecule has 0 spiro atoms. The van der Waals surface area contributed by atoms with Gasteiger partial charge in [-0.05, 0) is 51.0 Å². The van der Waals surface area contributed by atoms with Crippen molar-refractivity contribution < 1.29 is 23.5 Å². The number of carbonyl (C=O) groups is 2. The van der Waals surface area contributed by atoms with Crippen molar-refractivity contribution in [3.8, 4) is 5.75 Å². The molecular weight excluding hydrogens is 365 g/mol. The van der Waals surface area contributed by atoms with Crippen LogP contribution in [-0.2, 0) is 14.3 Å². The zero-order valence-corrected chi connectivity index (χ0v) is 16.4. The second-order valence-corrected chi connectivity index (χ2v) is 7.99. The van der Waals surface area contributed by atoms with Crippen LogP contribution in [0.25, 0.3) is 0 Å². The highest BCUT2D eigenvalue weighted by Crippen LogP contribution is 2.22. The molecule has 1 atom stereocenters. The second-order valence-electron chi connectivity index (χ2n) is 7.99. The fourth-order valence-electron chi connectivity index (χ4n) is 3.61. The summed E-state index contributed by atoms with van der Waals surface area (Å²) >= 11 is 0. The first-order chi connectivity index (χ1) is 13.2. The third kappa shape index (κ3) is 4.99. The van der Waals surface area contributed by atoms with Crippen LogP contribution >= 0.6 is 0 Å². The van der Waals surface area contributed by atoms with E-state index in [2.05, 4.69) is 0 Å². The molecule has 0 aromatic heterocycles. The summed E-state index contributed by atoms with van der Waals surface area (Å²) in [6.45, 7) is 5.34. The summed E-state index contributed by atoms with van der Waals surface area (Å²) in [6, 6.07) is 5.88. The zero-order chi connectivity index (χ0) is 20.3. The maximum atomic E-state index is 13.0. The van der Waals surface area contributed by atoms with E-state index in [1.165, 1.54) is 12.1 Å². The Balaban J connectivity index is 1.51. The number of carbonyl (C=O) groups excluding carboxylic acids is 2. The van der Waals surface area contributed by atoms with E-state index < -0.39 is 5.54 Å². The van der Waals surface area contributed by atoms with Gasteiger partial charge in [-0.25, -0.2) is 4.39 Å². The number of piperidine rings is 1. The first-order valence-electron chi connectivity index (χ1n) is 9.62. The van der Waals surface area contributed by atoms with Crippen LogP contribution in [0.5, 0.6) is 5.75 Å². The maximum absolute atomic E-state index is 13.0. The summed E-state index contributed by atoms with van der Waals surface area (Å²) < 4.78 is 24.2. The largest absolute Gasteiger partial charge is 0.491 e. The number of benzene rings is 1. The topological polar surface area (TPSA) is 85.1 Å². The number of morpholine rings is 1. The molecule has 0 aliphatic carbocycles. The number of hydrogen-bond acceptors (Lipinski definition) is 5. The summed E-state index contributed by atoms with van der Waals surface area (Å²) in [7, 11) is 0. The van der Waals surface area contributed by atoms with Gasteiger partial charge in [0.1, 0.15) is 30.9 Å². The summed E-state index contributed by atoms with van der Waals surface area (Å²) in [6.07, 6.45) is 1.20. The van der Waals surface area contributed by atoms with Crippen molar-refractivity contribution in [2.45, 2.75) is 44.4 Å². The molecule has 0 radical (unpaired) electrons. The standard InChI is InChI=1S/C20H28FN3O4/c1-20(2,22)19(26)23-9-7-15(8-10-23)24-11-17(28-13-18(24)25)12-27-16-5-3-14(21)4-6-16/h3-6,15,17H,7-13,22H2,1-2H3. The Morgan fingerprint density at radius 3 is 2.54 bits per heavy atom. The van der Waals surface area contributed by atoms with Crippen LogP contribution in [0.3, 0.4) is 0 Å². The number of likely N-dealkylation sites (tertiary alicyclic amines) is 1. The molecule has 154 valence electrons. The molecule has 2 fully saturated rings. The van der Waals surface area contributed by atoms with Gasteiger partial charge in [0.05, 0.1) is 12.1 Å². The predicted octanol–water partition coefficient (Wildman–Crippen LogP) is 1.16. The van der Waals surface area contributed by atoms with Gasteiger partial charge >= 0.3 is 0 Å². The molecule has 2 amide bonds. The highest BCUT2D eigenvalue weighted by Gasteiger charge is 2.36. The molecule has 3 rings (SSSR count). The molecule has 8 heteroatoms. The van der Waals surface area contributed by atoms with Gasteiger partial charge in [0.25, 0.3) is 0 Å². The first kappa shape index (κ1) is 20.5. The van der Waals surface area contributed by atoms with Crippen LogP contribution in [0.1, 0.15) is 26.7 Å². The SMILES string of the molecule is CC(C)(N)C(=O)N1CCC(N2CC(COc3ccc(F)cc3)OCC2=O)CC1.